The second-order valence-electron chi connectivity index (χ2n) is 7.28. The van der Waals surface area contributed by atoms with E-state index in [1.54, 1.807) is 12.1 Å². The van der Waals surface area contributed by atoms with Crippen LogP contribution in [0.1, 0.15) is 21.7 Å². The van der Waals surface area contributed by atoms with Gasteiger partial charge >= 0.3 is 0 Å². The van der Waals surface area contributed by atoms with E-state index in [-0.39, 0.29) is 5.91 Å². The number of rotatable bonds is 5. The molecule has 30 heavy (non-hydrogen) atoms. The van der Waals surface area contributed by atoms with E-state index in [1.807, 2.05) is 56.3 Å². The standard InChI is InChI=1S/C23H25N5O2/c1-16-15-17(2)25-23(24-16)27-20-5-3-18(4-6-20)22(29)26-19-7-9-21(10-8-19)28-11-13-30-14-12-28/h3-10,15H,11-14H2,1-2H3,(H,26,29)(H,24,25,27). The Balaban J connectivity index is 1.37. The third-order valence-electron chi connectivity index (χ3n) is 4.89. The van der Waals surface area contributed by atoms with Gasteiger partial charge in [-0.3, -0.25) is 4.79 Å². The number of carbonyl (C=O) groups is 1. The first-order chi connectivity index (χ1) is 14.6. The predicted octanol–water partition coefficient (Wildman–Crippen LogP) is 3.93. The highest BCUT2D eigenvalue weighted by Gasteiger charge is 2.12. The number of nitrogens with zero attached hydrogens (tertiary/aromatic N) is 3. The molecule has 1 amide bonds. The molecule has 0 unspecified atom stereocenters. The Morgan fingerprint density at radius 1 is 0.900 bits per heavy atom. The van der Waals surface area contributed by atoms with Crippen LogP contribution in [0.25, 0.3) is 0 Å². The van der Waals surface area contributed by atoms with E-state index < -0.39 is 0 Å². The SMILES string of the molecule is Cc1cc(C)nc(Nc2ccc(C(=O)Nc3ccc(N4CCOCC4)cc3)cc2)n1. The van der Waals surface area contributed by atoms with E-state index >= 15 is 0 Å². The molecule has 3 aromatic rings. The van der Waals surface area contributed by atoms with Crippen molar-refractivity contribution in [3.05, 3.63) is 71.5 Å². The summed E-state index contributed by atoms with van der Waals surface area (Å²) in [6, 6.07) is 17.1. The highest BCUT2D eigenvalue weighted by Crippen LogP contribution is 2.20. The van der Waals surface area contributed by atoms with Crippen molar-refractivity contribution in [1.29, 1.82) is 0 Å². The van der Waals surface area contributed by atoms with Crippen LogP contribution in [0.2, 0.25) is 0 Å². The van der Waals surface area contributed by atoms with Gasteiger partial charge in [0.2, 0.25) is 5.95 Å². The molecular formula is C23H25N5O2. The van der Waals surface area contributed by atoms with Crippen LogP contribution < -0.4 is 15.5 Å². The zero-order valence-corrected chi connectivity index (χ0v) is 17.2. The van der Waals surface area contributed by atoms with Crippen molar-refractivity contribution in [2.24, 2.45) is 0 Å². The summed E-state index contributed by atoms with van der Waals surface area (Å²) >= 11 is 0. The van der Waals surface area contributed by atoms with Crippen molar-refractivity contribution in [2.45, 2.75) is 13.8 Å². The van der Waals surface area contributed by atoms with Crippen LogP contribution in [0.4, 0.5) is 23.0 Å². The summed E-state index contributed by atoms with van der Waals surface area (Å²) in [5.41, 5.74) is 5.12. The number of morpholine rings is 1. The van der Waals surface area contributed by atoms with Gasteiger partial charge in [0.25, 0.3) is 5.91 Å². The van der Waals surface area contributed by atoms with Crippen molar-refractivity contribution in [3.8, 4) is 0 Å². The molecule has 0 radical (unpaired) electrons. The van der Waals surface area contributed by atoms with Crippen molar-refractivity contribution in [2.75, 3.05) is 41.8 Å². The number of nitrogens with one attached hydrogen (secondary N) is 2. The van der Waals surface area contributed by atoms with Crippen LogP contribution in [0, 0.1) is 13.8 Å². The van der Waals surface area contributed by atoms with E-state index in [0.717, 1.165) is 54.8 Å². The Hall–Kier alpha value is -3.45. The molecule has 1 saturated heterocycles. The van der Waals surface area contributed by atoms with Crippen LogP contribution in [0.15, 0.2) is 54.6 Å². The minimum atomic E-state index is -0.150. The van der Waals surface area contributed by atoms with Gasteiger partial charge in [-0.25, -0.2) is 9.97 Å². The lowest BCUT2D eigenvalue weighted by Gasteiger charge is -2.28. The van der Waals surface area contributed by atoms with Crippen molar-refractivity contribution in [3.63, 3.8) is 0 Å². The fourth-order valence-corrected chi connectivity index (χ4v) is 3.40. The van der Waals surface area contributed by atoms with Gasteiger partial charge in [0.05, 0.1) is 13.2 Å². The fourth-order valence-electron chi connectivity index (χ4n) is 3.40. The second-order valence-corrected chi connectivity index (χ2v) is 7.28. The van der Waals surface area contributed by atoms with Gasteiger partial charge in [0.15, 0.2) is 0 Å². The molecule has 1 aromatic heterocycles. The molecule has 1 aliphatic rings. The van der Waals surface area contributed by atoms with Gasteiger partial charge in [0, 0.05) is 47.1 Å². The van der Waals surface area contributed by atoms with E-state index in [2.05, 4.69) is 25.5 Å². The molecule has 0 atom stereocenters. The fraction of sp³-hybridized carbons (Fsp3) is 0.261. The number of anilines is 4. The molecule has 2 heterocycles. The quantitative estimate of drug-likeness (QED) is 0.672. The number of aromatic nitrogens is 2. The number of ether oxygens (including phenoxy) is 1. The maximum absolute atomic E-state index is 12.6. The predicted molar refractivity (Wildman–Crippen MR) is 119 cm³/mol. The maximum Gasteiger partial charge on any atom is 0.255 e. The summed E-state index contributed by atoms with van der Waals surface area (Å²) in [6.45, 7) is 7.14. The van der Waals surface area contributed by atoms with Crippen molar-refractivity contribution in [1.82, 2.24) is 9.97 Å². The molecule has 154 valence electrons. The number of benzene rings is 2. The van der Waals surface area contributed by atoms with E-state index in [0.29, 0.717) is 11.5 Å². The lowest BCUT2D eigenvalue weighted by Crippen LogP contribution is -2.36. The molecule has 0 aliphatic carbocycles. The molecule has 4 rings (SSSR count). The molecule has 0 bridgehead atoms. The van der Waals surface area contributed by atoms with Gasteiger partial charge in [-0.1, -0.05) is 0 Å². The van der Waals surface area contributed by atoms with E-state index in [4.69, 9.17) is 4.74 Å². The molecule has 1 aliphatic heterocycles. The van der Waals surface area contributed by atoms with E-state index in [1.165, 1.54) is 0 Å². The zero-order chi connectivity index (χ0) is 20.9. The first-order valence-corrected chi connectivity index (χ1v) is 10.0. The van der Waals surface area contributed by atoms with Gasteiger partial charge < -0.3 is 20.3 Å². The third kappa shape index (κ3) is 4.93. The summed E-state index contributed by atoms with van der Waals surface area (Å²) in [6.07, 6.45) is 0. The Labute approximate surface area is 176 Å². The van der Waals surface area contributed by atoms with Crippen LogP contribution in [-0.2, 0) is 4.74 Å². The van der Waals surface area contributed by atoms with Gasteiger partial charge in [-0.05, 0) is 68.4 Å². The summed E-state index contributed by atoms with van der Waals surface area (Å²) in [5.74, 6) is 0.397. The first kappa shape index (κ1) is 19.8. The Kier molecular flexibility index (Phi) is 5.90. The lowest BCUT2D eigenvalue weighted by molar-refractivity contribution is 0.102. The van der Waals surface area contributed by atoms with Crippen LogP contribution in [-0.4, -0.2) is 42.2 Å². The minimum absolute atomic E-state index is 0.150. The minimum Gasteiger partial charge on any atom is -0.378 e. The molecular weight excluding hydrogens is 378 g/mol. The Morgan fingerprint density at radius 3 is 2.13 bits per heavy atom. The van der Waals surface area contributed by atoms with Gasteiger partial charge in [-0.2, -0.15) is 0 Å². The molecule has 1 fully saturated rings. The molecule has 2 aromatic carbocycles. The molecule has 2 N–H and O–H groups in total. The average molecular weight is 403 g/mol. The highest BCUT2D eigenvalue weighted by molar-refractivity contribution is 6.04. The Morgan fingerprint density at radius 2 is 1.50 bits per heavy atom. The normalized spacial score (nSPS) is 13.7. The molecule has 0 spiro atoms. The summed E-state index contributed by atoms with van der Waals surface area (Å²) < 4.78 is 5.39. The topological polar surface area (TPSA) is 79.4 Å². The second kappa shape index (κ2) is 8.92. The summed E-state index contributed by atoms with van der Waals surface area (Å²) in [7, 11) is 0. The average Bonchev–Trinajstić information content (AvgIpc) is 2.75. The smallest absolute Gasteiger partial charge is 0.255 e. The van der Waals surface area contributed by atoms with E-state index in [9.17, 15) is 4.79 Å². The van der Waals surface area contributed by atoms with Crippen molar-refractivity contribution >= 4 is 28.9 Å². The monoisotopic (exact) mass is 403 g/mol. The number of carbonyl (C=O) groups excluding carboxylic acids is 1. The number of aryl methyl sites for hydroxylation is 2. The van der Waals surface area contributed by atoms with Crippen LogP contribution in [0.3, 0.4) is 0 Å². The van der Waals surface area contributed by atoms with Gasteiger partial charge in [-0.15, -0.1) is 0 Å². The Bertz CT molecular complexity index is 993. The summed E-state index contributed by atoms with van der Waals surface area (Å²) in [5, 5.41) is 6.12. The molecule has 7 heteroatoms. The zero-order valence-electron chi connectivity index (χ0n) is 17.2. The molecule has 0 saturated carbocycles. The van der Waals surface area contributed by atoms with Crippen LogP contribution >= 0.6 is 0 Å². The largest absolute Gasteiger partial charge is 0.378 e. The first-order valence-electron chi connectivity index (χ1n) is 10.0. The maximum atomic E-state index is 12.6. The number of hydrogen-bond donors (Lipinski definition) is 2. The summed E-state index contributed by atoms with van der Waals surface area (Å²) in [4.78, 5) is 23.6. The highest BCUT2D eigenvalue weighted by atomic mass is 16.5. The third-order valence-corrected chi connectivity index (χ3v) is 4.89. The lowest BCUT2D eigenvalue weighted by atomic mass is 10.2. The number of hydrogen-bond acceptors (Lipinski definition) is 6. The van der Waals surface area contributed by atoms with Gasteiger partial charge in [0.1, 0.15) is 0 Å². The van der Waals surface area contributed by atoms with Crippen molar-refractivity contribution < 1.29 is 9.53 Å². The van der Waals surface area contributed by atoms with Crippen LogP contribution in [0.5, 0.6) is 0 Å². The molecule has 7 nitrogen and oxygen atoms in total. The number of amides is 1.